The van der Waals surface area contributed by atoms with Crippen LogP contribution in [0.4, 0.5) is 13.2 Å². The summed E-state index contributed by atoms with van der Waals surface area (Å²) in [4.78, 5) is 0. The summed E-state index contributed by atoms with van der Waals surface area (Å²) in [5.41, 5.74) is 1.22. The summed E-state index contributed by atoms with van der Waals surface area (Å²) in [6.07, 6.45) is -7.14. The standard InChI is InChI=1S/C15H21F3O2/c1-8(2)11-6-10(14(19)15(16,17)18)7-12(9(3)4)13(11)20-5/h6-9,14,19H,1-5H3. The highest BCUT2D eigenvalue weighted by molar-refractivity contribution is 5.48. The zero-order valence-corrected chi connectivity index (χ0v) is 12.4. The van der Waals surface area contributed by atoms with E-state index in [4.69, 9.17) is 4.74 Å². The molecule has 0 fully saturated rings. The molecule has 5 heteroatoms. The number of benzene rings is 1. The van der Waals surface area contributed by atoms with Crippen LogP contribution < -0.4 is 4.74 Å². The predicted molar refractivity (Wildman–Crippen MR) is 72.2 cm³/mol. The number of rotatable bonds is 4. The largest absolute Gasteiger partial charge is 0.496 e. The van der Waals surface area contributed by atoms with Crippen molar-refractivity contribution >= 4 is 0 Å². The van der Waals surface area contributed by atoms with Gasteiger partial charge in [0.2, 0.25) is 0 Å². The lowest BCUT2D eigenvalue weighted by Gasteiger charge is -2.23. The van der Waals surface area contributed by atoms with E-state index in [2.05, 4.69) is 0 Å². The molecule has 1 atom stereocenters. The number of hydrogen-bond donors (Lipinski definition) is 1. The summed E-state index contributed by atoms with van der Waals surface area (Å²) in [6, 6.07) is 2.76. The van der Waals surface area contributed by atoms with Crippen molar-refractivity contribution in [3.05, 3.63) is 28.8 Å². The molecule has 0 aliphatic carbocycles. The van der Waals surface area contributed by atoms with Crippen LogP contribution in [-0.2, 0) is 0 Å². The molecular formula is C15H21F3O2. The monoisotopic (exact) mass is 290 g/mol. The Morgan fingerprint density at radius 3 is 1.65 bits per heavy atom. The number of ether oxygens (including phenoxy) is 1. The summed E-state index contributed by atoms with van der Waals surface area (Å²) in [6.45, 7) is 7.52. The van der Waals surface area contributed by atoms with Crippen molar-refractivity contribution in [3.8, 4) is 5.75 Å². The van der Waals surface area contributed by atoms with Crippen LogP contribution in [0.5, 0.6) is 5.75 Å². The van der Waals surface area contributed by atoms with E-state index < -0.39 is 12.3 Å². The highest BCUT2D eigenvalue weighted by atomic mass is 19.4. The lowest BCUT2D eigenvalue weighted by Crippen LogP contribution is -2.21. The van der Waals surface area contributed by atoms with Crippen LogP contribution in [0.2, 0.25) is 0 Å². The zero-order valence-electron chi connectivity index (χ0n) is 12.4. The Bertz CT molecular complexity index is 436. The first-order valence-corrected chi connectivity index (χ1v) is 6.56. The minimum atomic E-state index is -4.67. The number of alkyl halides is 3. The molecule has 0 aliphatic rings. The Kier molecular flexibility index (Phi) is 5.08. The summed E-state index contributed by atoms with van der Waals surface area (Å²) in [5, 5.41) is 9.47. The van der Waals surface area contributed by atoms with Gasteiger partial charge in [0.25, 0.3) is 0 Å². The lowest BCUT2D eigenvalue weighted by molar-refractivity contribution is -0.206. The molecule has 1 N–H and O–H groups in total. The van der Waals surface area contributed by atoms with Gasteiger partial charge in [-0.15, -0.1) is 0 Å². The van der Waals surface area contributed by atoms with E-state index >= 15 is 0 Å². The Labute approximate surface area is 117 Å². The third-order valence-electron chi connectivity index (χ3n) is 3.24. The Hall–Kier alpha value is -1.23. The molecule has 0 amide bonds. The predicted octanol–water partition coefficient (Wildman–Crippen LogP) is 4.54. The molecule has 0 saturated carbocycles. The van der Waals surface area contributed by atoms with Crippen LogP contribution >= 0.6 is 0 Å². The molecule has 0 spiro atoms. The topological polar surface area (TPSA) is 29.5 Å². The number of hydrogen-bond acceptors (Lipinski definition) is 2. The third kappa shape index (κ3) is 3.45. The van der Waals surface area contributed by atoms with Crippen LogP contribution in [-0.4, -0.2) is 18.4 Å². The second kappa shape index (κ2) is 6.04. The zero-order chi connectivity index (χ0) is 15.7. The molecule has 114 valence electrons. The van der Waals surface area contributed by atoms with Gasteiger partial charge in [0, 0.05) is 0 Å². The molecule has 0 aliphatic heterocycles. The van der Waals surface area contributed by atoms with Gasteiger partial charge in [0.05, 0.1) is 7.11 Å². The van der Waals surface area contributed by atoms with Crippen molar-refractivity contribution in [2.75, 3.05) is 7.11 Å². The fourth-order valence-corrected chi connectivity index (χ4v) is 2.14. The Morgan fingerprint density at radius 1 is 1.00 bits per heavy atom. The highest BCUT2D eigenvalue weighted by Crippen LogP contribution is 2.40. The normalized spacial score (nSPS) is 13.9. The number of aliphatic hydroxyl groups excluding tert-OH is 1. The van der Waals surface area contributed by atoms with Gasteiger partial charge in [-0.25, -0.2) is 0 Å². The fraction of sp³-hybridized carbons (Fsp3) is 0.600. The van der Waals surface area contributed by atoms with Gasteiger partial charge in [-0.1, -0.05) is 27.7 Å². The van der Waals surface area contributed by atoms with Gasteiger partial charge in [0.1, 0.15) is 5.75 Å². The molecule has 0 aromatic heterocycles. The summed E-state index contributed by atoms with van der Waals surface area (Å²) >= 11 is 0. The molecule has 1 rings (SSSR count). The smallest absolute Gasteiger partial charge is 0.418 e. The summed E-state index contributed by atoms with van der Waals surface area (Å²) in [7, 11) is 1.51. The van der Waals surface area contributed by atoms with Crippen molar-refractivity contribution in [1.29, 1.82) is 0 Å². The van der Waals surface area contributed by atoms with Crippen LogP contribution in [0, 0.1) is 0 Å². The molecule has 1 aromatic carbocycles. The minimum Gasteiger partial charge on any atom is -0.496 e. The number of halogens is 3. The first-order chi connectivity index (χ1) is 9.09. The summed E-state index contributed by atoms with van der Waals surface area (Å²) in [5.74, 6) is 0.610. The van der Waals surface area contributed by atoms with Crippen molar-refractivity contribution in [2.45, 2.75) is 51.8 Å². The SMILES string of the molecule is COc1c(C(C)C)cc(C(O)C(F)(F)F)cc1C(C)C. The molecule has 0 saturated heterocycles. The van der Waals surface area contributed by atoms with Gasteiger partial charge >= 0.3 is 6.18 Å². The van der Waals surface area contributed by atoms with E-state index in [-0.39, 0.29) is 17.4 Å². The van der Waals surface area contributed by atoms with Crippen molar-refractivity contribution < 1.29 is 23.0 Å². The average Bonchev–Trinajstić information content (AvgIpc) is 2.34. The molecule has 0 heterocycles. The van der Waals surface area contributed by atoms with Gasteiger partial charge in [0.15, 0.2) is 6.10 Å². The quantitative estimate of drug-likeness (QED) is 0.882. The van der Waals surface area contributed by atoms with Crippen LogP contribution in [0.15, 0.2) is 12.1 Å². The first-order valence-electron chi connectivity index (χ1n) is 6.56. The lowest BCUT2D eigenvalue weighted by atomic mass is 9.90. The fourth-order valence-electron chi connectivity index (χ4n) is 2.14. The molecular weight excluding hydrogens is 269 g/mol. The van der Waals surface area contributed by atoms with Crippen LogP contribution in [0.3, 0.4) is 0 Å². The molecule has 20 heavy (non-hydrogen) atoms. The van der Waals surface area contributed by atoms with Crippen molar-refractivity contribution in [3.63, 3.8) is 0 Å². The van der Waals surface area contributed by atoms with Crippen LogP contribution in [0.1, 0.15) is 62.3 Å². The Balaban J connectivity index is 3.50. The van der Waals surface area contributed by atoms with Crippen molar-refractivity contribution in [2.24, 2.45) is 0 Å². The van der Waals surface area contributed by atoms with Gasteiger partial charge in [-0.05, 0) is 40.7 Å². The maximum Gasteiger partial charge on any atom is 0.418 e. The van der Waals surface area contributed by atoms with E-state index in [0.29, 0.717) is 16.9 Å². The molecule has 2 nitrogen and oxygen atoms in total. The molecule has 1 aromatic rings. The second-order valence-electron chi connectivity index (χ2n) is 5.49. The molecule has 0 radical (unpaired) electrons. The molecule has 1 unspecified atom stereocenters. The highest BCUT2D eigenvalue weighted by Gasteiger charge is 2.40. The maximum absolute atomic E-state index is 12.7. The van der Waals surface area contributed by atoms with Gasteiger partial charge in [-0.3, -0.25) is 0 Å². The van der Waals surface area contributed by atoms with E-state index in [0.717, 1.165) is 0 Å². The number of methoxy groups -OCH3 is 1. The second-order valence-corrected chi connectivity index (χ2v) is 5.49. The van der Waals surface area contributed by atoms with Crippen LogP contribution in [0.25, 0.3) is 0 Å². The number of aliphatic hydroxyl groups is 1. The minimum absolute atomic E-state index is 0.00262. The third-order valence-corrected chi connectivity index (χ3v) is 3.24. The molecule has 0 bridgehead atoms. The summed E-state index contributed by atoms with van der Waals surface area (Å²) < 4.78 is 43.5. The first kappa shape index (κ1) is 16.8. The van der Waals surface area contributed by atoms with Gasteiger partial charge in [-0.2, -0.15) is 13.2 Å². The van der Waals surface area contributed by atoms with E-state index in [9.17, 15) is 18.3 Å². The van der Waals surface area contributed by atoms with Crippen molar-refractivity contribution in [1.82, 2.24) is 0 Å². The van der Waals surface area contributed by atoms with E-state index in [1.807, 2.05) is 27.7 Å². The van der Waals surface area contributed by atoms with Gasteiger partial charge < -0.3 is 9.84 Å². The average molecular weight is 290 g/mol. The maximum atomic E-state index is 12.7. The van der Waals surface area contributed by atoms with E-state index in [1.165, 1.54) is 19.2 Å². The Morgan fingerprint density at radius 2 is 1.40 bits per heavy atom. The van der Waals surface area contributed by atoms with E-state index in [1.54, 1.807) is 0 Å².